The third kappa shape index (κ3) is 5.58. The van der Waals surface area contributed by atoms with E-state index in [2.05, 4.69) is 5.32 Å². The molecule has 0 atom stereocenters. The van der Waals surface area contributed by atoms with Crippen molar-refractivity contribution in [3.8, 4) is 0 Å². The molecule has 1 aliphatic rings. The molecule has 3 rings (SSSR count). The minimum Gasteiger partial charge on any atom is -0.379 e. The van der Waals surface area contributed by atoms with Gasteiger partial charge in [0.25, 0.3) is 11.1 Å². The lowest BCUT2D eigenvalue weighted by atomic mass is 10.2. The number of carbonyl (C=O) groups is 2. The van der Waals surface area contributed by atoms with E-state index in [1.807, 2.05) is 0 Å². The van der Waals surface area contributed by atoms with E-state index >= 15 is 0 Å². The van der Waals surface area contributed by atoms with Gasteiger partial charge in [-0.05, 0) is 42.1 Å². The first kappa shape index (κ1) is 23.6. The van der Waals surface area contributed by atoms with Crippen molar-refractivity contribution in [2.75, 3.05) is 45.7 Å². The number of morpholine rings is 1. The summed E-state index contributed by atoms with van der Waals surface area (Å²) in [6.45, 7) is 1.13. The zero-order valence-corrected chi connectivity index (χ0v) is 19.4. The molecule has 1 heterocycles. The van der Waals surface area contributed by atoms with Crippen LogP contribution in [0.5, 0.6) is 0 Å². The van der Waals surface area contributed by atoms with Crippen molar-refractivity contribution in [1.82, 2.24) is 9.21 Å². The second kappa shape index (κ2) is 10.0. The minimum absolute atomic E-state index is 0.0191. The van der Waals surface area contributed by atoms with Crippen LogP contribution in [0.2, 0.25) is 5.02 Å². The fourth-order valence-corrected chi connectivity index (χ4v) is 5.19. The maximum absolute atomic E-state index is 12.9. The second-order valence-electron chi connectivity index (χ2n) is 6.87. The van der Waals surface area contributed by atoms with Gasteiger partial charge in [0.1, 0.15) is 0 Å². The molecule has 31 heavy (non-hydrogen) atoms. The topological polar surface area (TPSA) is 96.0 Å². The first-order valence-electron chi connectivity index (χ1n) is 9.37. The van der Waals surface area contributed by atoms with Crippen molar-refractivity contribution in [2.24, 2.45) is 0 Å². The van der Waals surface area contributed by atoms with Crippen molar-refractivity contribution in [3.63, 3.8) is 0 Å². The summed E-state index contributed by atoms with van der Waals surface area (Å²) in [5.41, 5.74) is 0.444. The highest BCUT2D eigenvalue weighted by atomic mass is 35.5. The molecular formula is C20H22ClN3O5S2. The Kier molecular flexibility index (Phi) is 7.60. The third-order valence-electron chi connectivity index (χ3n) is 4.49. The molecule has 1 saturated heterocycles. The highest BCUT2D eigenvalue weighted by Crippen LogP contribution is 2.30. The van der Waals surface area contributed by atoms with Gasteiger partial charge < -0.3 is 15.0 Å². The number of hydrogen-bond acceptors (Lipinski definition) is 6. The van der Waals surface area contributed by atoms with Gasteiger partial charge >= 0.3 is 0 Å². The van der Waals surface area contributed by atoms with Crippen LogP contribution in [0, 0.1) is 0 Å². The van der Waals surface area contributed by atoms with Gasteiger partial charge in [-0.1, -0.05) is 23.7 Å². The minimum atomic E-state index is -3.78. The van der Waals surface area contributed by atoms with Gasteiger partial charge in [-0.3, -0.25) is 9.59 Å². The smallest absolute Gasteiger partial charge is 0.286 e. The summed E-state index contributed by atoms with van der Waals surface area (Å²) >= 11 is 7.17. The van der Waals surface area contributed by atoms with E-state index in [1.54, 1.807) is 38.4 Å². The van der Waals surface area contributed by atoms with Crippen LogP contribution < -0.4 is 5.32 Å². The Balaban J connectivity index is 1.86. The van der Waals surface area contributed by atoms with Crippen molar-refractivity contribution >= 4 is 50.2 Å². The van der Waals surface area contributed by atoms with Crippen LogP contribution in [0.15, 0.2) is 52.3 Å². The summed E-state index contributed by atoms with van der Waals surface area (Å²) in [5, 5.41) is 2.65. The molecule has 0 radical (unpaired) electrons. The number of para-hydroxylation sites is 1. The maximum Gasteiger partial charge on any atom is 0.286 e. The van der Waals surface area contributed by atoms with E-state index in [1.165, 1.54) is 27.4 Å². The Labute approximate surface area is 190 Å². The number of hydrogen-bond donors (Lipinski definition) is 1. The number of sulfonamides is 1. The number of rotatable bonds is 5. The van der Waals surface area contributed by atoms with E-state index in [4.69, 9.17) is 16.3 Å². The summed E-state index contributed by atoms with van der Waals surface area (Å²) in [7, 11) is -0.510. The summed E-state index contributed by atoms with van der Waals surface area (Å²) in [4.78, 5) is 27.0. The van der Waals surface area contributed by atoms with Crippen LogP contribution in [0.4, 0.5) is 10.5 Å². The van der Waals surface area contributed by atoms with Crippen LogP contribution in [0.25, 0.3) is 0 Å². The first-order valence-corrected chi connectivity index (χ1v) is 12.0. The summed E-state index contributed by atoms with van der Waals surface area (Å²) in [5.74, 6) is -0.575. The van der Waals surface area contributed by atoms with E-state index in [-0.39, 0.29) is 33.8 Å². The lowest BCUT2D eigenvalue weighted by Gasteiger charge is -2.26. The first-order chi connectivity index (χ1) is 14.7. The number of nitrogens with zero attached hydrogens (tertiary/aromatic N) is 2. The van der Waals surface area contributed by atoms with E-state index in [9.17, 15) is 18.0 Å². The maximum atomic E-state index is 12.9. The third-order valence-corrected chi connectivity index (χ3v) is 7.83. The molecule has 0 spiro atoms. The number of benzene rings is 2. The quantitative estimate of drug-likeness (QED) is 0.655. The SMILES string of the molecule is CN(C)C(=O)Sc1ccccc1NC(=O)c1cc(S(=O)(=O)N2CCOCC2)ccc1Cl. The normalized spacial score (nSPS) is 14.8. The Morgan fingerprint density at radius 3 is 2.48 bits per heavy atom. The van der Waals surface area contributed by atoms with Crippen molar-refractivity contribution in [1.29, 1.82) is 0 Å². The number of halogens is 1. The molecule has 0 aromatic heterocycles. The molecular weight excluding hydrogens is 462 g/mol. The number of amides is 2. The zero-order chi connectivity index (χ0) is 22.6. The fraction of sp³-hybridized carbons (Fsp3) is 0.300. The molecule has 0 bridgehead atoms. The highest BCUT2D eigenvalue weighted by Gasteiger charge is 2.27. The Hall–Kier alpha value is -2.11. The van der Waals surface area contributed by atoms with Crippen molar-refractivity contribution in [2.45, 2.75) is 9.79 Å². The van der Waals surface area contributed by atoms with E-state index < -0.39 is 15.9 Å². The van der Waals surface area contributed by atoms with E-state index in [0.29, 0.717) is 23.8 Å². The lowest BCUT2D eigenvalue weighted by Crippen LogP contribution is -2.40. The zero-order valence-electron chi connectivity index (χ0n) is 17.0. The molecule has 0 saturated carbocycles. The monoisotopic (exact) mass is 483 g/mol. The van der Waals surface area contributed by atoms with Crippen LogP contribution in [-0.2, 0) is 14.8 Å². The average molecular weight is 484 g/mol. The summed E-state index contributed by atoms with van der Waals surface area (Å²) in [6, 6.07) is 10.9. The molecule has 2 aromatic carbocycles. The van der Waals surface area contributed by atoms with Crippen molar-refractivity contribution in [3.05, 3.63) is 53.1 Å². The van der Waals surface area contributed by atoms with Gasteiger partial charge in [-0.2, -0.15) is 4.31 Å². The molecule has 0 aliphatic carbocycles. The second-order valence-corrected chi connectivity index (χ2v) is 10.2. The summed E-state index contributed by atoms with van der Waals surface area (Å²) < 4.78 is 32.4. The molecule has 166 valence electrons. The van der Waals surface area contributed by atoms with E-state index in [0.717, 1.165) is 11.8 Å². The number of carbonyl (C=O) groups excluding carboxylic acids is 2. The Morgan fingerprint density at radius 1 is 1.13 bits per heavy atom. The highest BCUT2D eigenvalue weighted by molar-refractivity contribution is 8.13. The van der Waals surface area contributed by atoms with Gasteiger partial charge in [0.2, 0.25) is 10.0 Å². The largest absolute Gasteiger partial charge is 0.379 e. The van der Waals surface area contributed by atoms with Gasteiger partial charge in [-0.15, -0.1) is 0 Å². The molecule has 8 nitrogen and oxygen atoms in total. The predicted octanol–water partition coefficient (Wildman–Crippen LogP) is 3.39. The number of anilines is 1. The molecule has 0 unspecified atom stereocenters. The molecule has 1 aliphatic heterocycles. The van der Waals surface area contributed by atoms with Crippen LogP contribution >= 0.6 is 23.4 Å². The average Bonchev–Trinajstić information content (AvgIpc) is 2.75. The summed E-state index contributed by atoms with van der Waals surface area (Å²) in [6.07, 6.45) is 0. The number of ether oxygens (including phenoxy) is 1. The van der Waals surface area contributed by atoms with Crippen LogP contribution in [-0.4, -0.2) is 69.2 Å². The molecule has 2 amide bonds. The Bertz CT molecular complexity index is 1090. The van der Waals surface area contributed by atoms with Gasteiger partial charge in [0.05, 0.1) is 34.4 Å². The van der Waals surface area contributed by atoms with Crippen LogP contribution in [0.1, 0.15) is 10.4 Å². The molecule has 1 N–H and O–H groups in total. The molecule has 2 aromatic rings. The number of thioether (sulfide) groups is 1. The van der Waals surface area contributed by atoms with Crippen LogP contribution in [0.3, 0.4) is 0 Å². The lowest BCUT2D eigenvalue weighted by molar-refractivity contribution is 0.0730. The molecule has 1 fully saturated rings. The van der Waals surface area contributed by atoms with Crippen molar-refractivity contribution < 1.29 is 22.7 Å². The fourth-order valence-electron chi connectivity index (χ4n) is 2.81. The Morgan fingerprint density at radius 2 is 1.81 bits per heavy atom. The predicted molar refractivity (Wildman–Crippen MR) is 120 cm³/mol. The number of nitrogens with one attached hydrogen (secondary N) is 1. The van der Waals surface area contributed by atoms with Gasteiger partial charge in [-0.25, -0.2) is 8.42 Å². The van der Waals surface area contributed by atoms with Gasteiger partial charge in [0, 0.05) is 32.1 Å². The molecule has 11 heteroatoms. The van der Waals surface area contributed by atoms with Gasteiger partial charge in [0.15, 0.2) is 0 Å². The standard InChI is InChI=1S/C20H22ClN3O5S2/c1-23(2)20(26)30-18-6-4-3-5-17(18)22-19(25)15-13-14(7-8-16(15)21)31(27,28)24-9-11-29-12-10-24/h3-8,13H,9-12H2,1-2H3,(H,22,25).